The van der Waals surface area contributed by atoms with Crippen LogP contribution in [0.1, 0.15) is 24.1 Å². The number of carbonyl (C=O) groups excluding carboxylic acids is 1. The Morgan fingerprint density at radius 3 is 2.47 bits per heavy atom. The zero-order valence-electron chi connectivity index (χ0n) is 19.2. The largest absolute Gasteiger partial charge is 0.416 e. The van der Waals surface area contributed by atoms with Gasteiger partial charge in [0.25, 0.3) is 5.91 Å². The highest BCUT2D eigenvalue weighted by molar-refractivity contribution is 6.42. The number of nitrogens with one attached hydrogen (secondary N) is 1. The van der Waals surface area contributed by atoms with E-state index in [4.69, 9.17) is 23.2 Å². The second-order valence-corrected chi connectivity index (χ2v) is 9.54. The van der Waals surface area contributed by atoms with Crippen molar-refractivity contribution in [2.45, 2.75) is 19.1 Å². The molecule has 1 atom stereocenters. The van der Waals surface area contributed by atoms with E-state index in [1.807, 2.05) is 24.0 Å². The molecule has 5 rings (SSSR count). The van der Waals surface area contributed by atoms with Crippen LogP contribution < -0.4 is 10.2 Å². The van der Waals surface area contributed by atoms with E-state index in [0.717, 1.165) is 23.5 Å². The Bertz CT molecular complexity index is 1350. The molecular weight excluding hydrogens is 514 g/mol. The van der Waals surface area contributed by atoms with Crippen LogP contribution in [0.5, 0.6) is 0 Å². The highest BCUT2D eigenvalue weighted by atomic mass is 35.5. The molecule has 2 aromatic carbocycles. The van der Waals surface area contributed by atoms with Crippen LogP contribution in [0.4, 0.5) is 24.7 Å². The van der Waals surface area contributed by atoms with Gasteiger partial charge in [0, 0.05) is 43.6 Å². The molecule has 1 unspecified atom stereocenters. The normalized spacial score (nSPS) is 18.2. The van der Waals surface area contributed by atoms with Crippen LogP contribution >= 0.6 is 23.2 Å². The summed E-state index contributed by atoms with van der Waals surface area (Å²) in [6.45, 7) is 3.40. The molecule has 3 aromatic rings. The molecule has 0 saturated carbocycles. The van der Waals surface area contributed by atoms with E-state index < -0.39 is 17.8 Å². The highest BCUT2D eigenvalue weighted by Gasteiger charge is 2.36. The van der Waals surface area contributed by atoms with E-state index in [-0.39, 0.29) is 5.91 Å². The fourth-order valence-electron chi connectivity index (χ4n) is 4.69. The second-order valence-electron chi connectivity index (χ2n) is 8.73. The Morgan fingerprint density at radius 2 is 1.78 bits per heavy atom. The first-order valence-corrected chi connectivity index (χ1v) is 12.1. The second kappa shape index (κ2) is 9.37. The maximum Gasteiger partial charge on any atom is 0.416 e. The van der Waals surface area contributed by atoms with Gasteiger partial charge in [-0.1, -0.05) is 35.3 Å². The monoisotopic (exact) mass is 535 g/mol. The average Bonchev–Trinajstić information content (AvgIpc) is 3.32. The number of hydrogen-bond donors (Lipinski definition) is 1. The lowest BCUT2D eigenvalue weighted by molar-refractivity contribution is -0.137. The molecule has 0 aliphatic carbocycles. The summed E-state index contributed by atoms with van der Waals surface area (Å²) in [5, 5.41) is 8.47. The number of rotatable bonds is 3. The molecule has 3 heterocycles. The summed E-state index contributed by atoms with van der Waals surface area (Å²) in [5.41, 5.74) is 1.79. The van der Waals surface area contributed by atoms with Gasteiger partial charge in [-0.25, -0.2) is 4.68 Å². The van der Waals surface area contributed by atoms with Crippen molar-refractivity contribution in [1.82, 2.24) is 14.7 Å². The van der Waals surface area contributed by atoms with Gasteiger partial charge in [0.1, 0.15) is 11.9 Å². The predicted molar refractivity (Wildman–Crippen MR) is 133 cm³/mol. The van der Waals surface area contributed by atoms with Crippen molar-refractivity contribution in [2.75, 3.05) is 36.4 Å². The molecule has 1 saturated heterocycles. The number of benzene rings is 2. The number of allylic oxidation sites excluding steroid dienone is 1. The summed E-state index contributed by atoms with van der Waals surface area (Å²) in [5.74, 6) is 0.579. The molecule has 2 aliphatic rings. The number of carbonyl (C=O) groups is 1. The van der Waals surface area contributed by atoms with Crippen molar-refractivity contribution in [2.24, 2.45) is 0 Å². The fourth-order valence-corrected chi connectivity index (χ4v) is 5.00. The van der Waals surface area contributed by atoms with Crippen LogP contribution in [0.2, 0.25) is 10.0 Å². The summed E-state index contributed by atoms with van der Waals surface area (Å²) in [7, 11) is 0. The SMILES string of the molecule is CC1=C(C(=O)N2CCN(c3cccc(C(F)(F)F)c3)CC2)C(c2ccc(Cl)c(Cl)c2)n2nccc2N1. The molecule has 1 fully saturated rings. The van der Waals surface area contributed by atoms with Crippen molar-refractivity contribution in [3.05, 3.63) is 87.2 Å². The topological polar surface area (TPSA) is 53.4 Å². The molecular formula is C25H22Cl2F3N5O. The van der Waals surface area contributed by atoms with E-state index in [9.17, 15) is 18.0 Å². The number of aromatic nitrogens is 2. The Morgan fingerprint density at radius 1 is 1.03 bits per heavy atom. The quantitative estimate of drug-likeness (QED) is 0.457. The third kappa shape index (κ3) is 4.53. The highest BCUT2D eigenvalue weighted by Crippen LogP contribution is 2.38. The van der Waals surface area contributed by atoms with Gasteiger partial charge < -0.3 is 15.1 Å². The molecule has 1 aromatic heterocycles. The van der Waals surface area contributed by atoms with Crippen molar-refractivity contribution < 1.29 is 18.0 Å². The molecule has 2 aliphatic heterocycles. The van der Waals surface area contributed by atoms with Crippen LogP contribution in [-0.4, -0.2) is 46.8 Å². The third-order valence-corrected chi connectivity index (χ3v) is 7.24. The van der Waals surface area contributed by atoms with Gasteiger partial charge in [-0.15, -0.1) is 0 Å². The van der Waals surface area contributed by atoms with Crippen molar-refractivity contribution in [3.63, 3.8) is 0 Å². The molecule has 6 nitrogen and oxygen atoms in total. The molecule has 0 bridgehead atoms. The van der Waals surface area contributed by atoms with Gasteiger partial charge >= 0.3 is 6.18 Å². The minimum Gasteiger partial charge on any atom is -0.368 e. The average molecular weight is 536 g/mol. The lowest BCUT2D eigenvalue weighted by Crippen LogP contribution is -2.50. The van der Waals surface area contributed by atoms with Crippen LogP contribution in [0.25, 0.3) is 0 Å². The van der Waals surface area contributed by atoms with Gasteiger partial charge in [-0.3, -0.25) is 4.79 Å². The van der Waals surface area contributed by atoms with Crippen LogP contribution in [0.15, 0.2) is 66.0 Å². The Balaban J connectivity index is 1.39. The molecule has 1 N–H and O–H groups in total. The molecule has 11 heteroatoms. The number of amides is 1. The van der Waals surface area contributed by atoms with Crippen LogP contribution in [0.3, 0.4) is 0 Å². The van der Waals surface area contributed by atoms with Gasteiger partial charge in [-0.2, -0.15) is 18.3 Å². The first-order chi connectivity index (χ1) is 17.1. The van der Waals surface area contributed by atoms with E-state index in [1.54, 1.807) is 34.0 Å². The number of hydrogen-bond acceptors (Lipinski definition) is 4. The minimum absolute atomic E-state index is 0.166. The Kier molecular flexibility index (Phi) is 6.38. The maximum absolute atomic E-state index is 13.8. The summed E-state index contributed by atoms with van der Waals surface area (Å²) in [6.07, 6.45) is -2.75. The van der Waals surface area contributed by atoms with Gasteiger partial charge in [0.05, 0.1) is 27.4 Å². The van der Waals surface area contributed by atoms with Crippen molar-refractivity contribution >= 4 is 40.6 Å². The molecule has 1 amide bonds. The number of fused-ring (bicyclic) bond motifs is 1. The standard InChI is InChI=1S/C25H22Cl2F3N5O/c1-15-22(23(35-21(32-15)7-8-31-35)16-5-6-19(26)20(27)13-16)24(36)34-11-9-33(10-12-34)18-4-2-3-17(14-18)25(28,29)30/h2-8,13-14,23,32H,9-12H2,1H3. The van der Waals surface area contributed by atoms with Gasteiger partial charge in [0.2, 0.25) is 0 Å². The summed E-state index contributed by atoms with van der Waals surface area (Å²) >= 11 is 12.4. The van der Waals surface area contributed by atoms with E-state index in [0.29, 0.717) is 53.2 Å². The van der Waals surface area contributed by atoms with E-state index in [2.05, 4.69) is 10.4 Å². The molecule has 0 spiro atoms. The number of nitrogens with zero attached hydrogens (tertiary/aromatic N) is 4. The molecule has 188 valence electrons. The van der Waals surface area contributed by atoms with Gasteiger partial charge in [-0.05, 0) is 42.8 Å². The fraction of sp³-hybridized carbons (Fsp3) is 0.280. The lowest BCUT2D eigenvalue weighted by atomic mass is 9.94. The lowest BCUT2D eigenvalue weighted by Gasteiger charge is -2.38. The Labute approximate surface area is 215 Å². The van der Waals surface area contributed by atoms with E-state index in [1.165, 1.54) is 6.07 Å². The summed E-state index contributed by atoms with van der Waals surface area (Å²) < 4.78 is 41.2. The van der Waals surface area contributed by atoms with Crippen molar-refractivity contribution in [1.29, 1.82) is 0 Å². The number of anilines is 2. The third-order valence-electron chi connectivity index (χ3n) is 6.50. The zero-order valence-corrected chi connectivity index (χ0v) is 20.7. The Hall–Kier alpha value is -3.17. The first-order valence-electron chi connectivity index (χ1n) is 11.3. The van der Waals surface area contributed by atoms with Crippen LogP contribution in [-0.2, 0) is 11.0 Å². The van der Waals surface area contributed by atoms with Crippen molar-refractivity contribution in [3.8, 4) is 0 Å². The zero-order chi connectivity index (χ0) is 25.6. The predicted octanol–water partition coefficient (Wildman–Crippen LogP) is 5.85. The number of halogens is 5. The smallest absolute Gasteiger partial charge is 0.368 e. The molecule has 36 heavy (non-hydrogen) atoms. The van der Waals surface area contributed by atoms with E-state index >= 15 is 0 Å². The number of piperazine rings is 1. The number of alkyl halides is 3. The maximum atomic E-state index is 13.8. The summed E-state index contributed by atoms with van der Waals surface area (Å²) in [4.78, 5) is 17.4. The molecule has 0 radical (unpaired) electrons. The van der Waals surface area contributed by atoms with Crippen LogP contribution in [0, 0.1) is 0 Å². The summed E-state index contributed by atoms with van der Waals surface area (Å²) in [6, 6.07) is 11.8. The first kappa shape index (κ1) is 24.5. The van der Waals surface area contributed by atoms with Gasteiger partial charge in [0.15, 0.2) is 0 Å². The minimum atomic E-state index is -4.41.